The number of hydrogen-bond donors (Lipinski definition) is 0. The molecule has 0 unspecified atom stereocenters. The van der Waals surface area contributed by atoms with Crippen LogP contribution in [0.5, 0.6) is 0 Å². The molecule has 5 aromatic rings. The Morgan fingerprint density at radius 3 is 1.27 bits per heavy atom. The van der Waals surface area contributed by atoms with Crippen LogP contribution in [0.25, 0.3) is 0 Å². The largest absolute Gasteiger partial charge is 0.493 e. The van der Waals surface area contributed by atoms with Crippen LogP contribution in [-0.2, 0) is 19.8 Å². The van der Waals surface area contributed by atoms with Gasteiger partial charge in [-0.2, -0.15) is 0 Å². The van der Waals surface area contributed by atoms with Gasteiger partial charge in [-0.25, -0.2) is 0 Å². The summed E-state index contributed by atoms with van der Waals surface area (Å²) in [4.78, 5) is 19.8. The molecule has 0 atom stereocenters. The van der Waals surface area contributed by atoms with Gasteiger partial charge in [-0.3, -0.25) is 10.1 Å². The summed E-state index contributed by atoms with van der Waals surface area (Å²) in [6.45, 7) is 3.91. The standard InChI is InChI=1S/C32H22N5O2.Os/c38-37(39)28-20-26(35-22-33(24-11-3-1-4-12-24)29-15-7-9-17-31(29)35)19-27(21-28)36-23-34(25-13-5-2-6-14-25)30-16-8-10-18-32(30)36;/h1-18,20-23H;/q-3;. The Morgan fingerprint density at radius 2 is 0.900 bits per heavy atom. The minimum absolute atomic E-state index is 0. The molecule has 2 aliphatic heterocycles. The fourth-order valence-corrected chi connectivity index (χ4v) is 5.09. The van der Waals surface area contributed by atoms with Crippen molar-refractivity contribution < 1.29 is 24.7 Å². The molecule has 198 valence electrons. The summed E-state index contributed by atoms with van der Waals surface area (Å²) < 4.78 is 0. The molecule has 0 spiro atoms. The first kappa shape index (κ1) is 25.6. The van der Waals surface area contributed by atoms with Crippen molar-refractivity contribution in [3.05, 3.63) is 151 Å². The van der Waals surface area contributed by atoms with E-state index in [4.69, 9.17) is 0 Å². The summed E-state index contributed by atoms with van der Waals surface area (Å²) >= 11 is 0. The zero-order valence-electron chi connectivity index (χ0n) is 21.1. The van der Waals surface area contributed by atoms with Crippen molar-refractivity contribution in [3.63, 3.8) is 0 Å². The van der Waals surface area contributed by atoms with Crippen molar-refractivity contribution in [1.29, 1.82) is 0 Å². The number of nitro groups is 1. The maximum Gasteiger partial charge on any atom is 0.170 e. The fraction of sp³-hybridized carbons (Fsp3) is 0. The average molecular weight is 699 g/mol. The predicted molar refractivity (Wildman–Crippen MR) is 155 cm³/mol. The molecule has 0 aromatic heterocycles. The van der Waals surface area contributed by atoms with Crippen LogP contribution < -0.4 is 19.6 Å². The van der Waals surface area contributed by atoms with E-state index in [0.717, 1.165) is 34.1 Å². The SMILES string of the molecule is O=[N+]([O-])c1cc(N2[CH-]N(c3ccccc3)c3ccccc32)[c-]c(N2[CH-]N(c3ccccc3)c3ccccc32)c1.[Os]. The van der Waals surface area contributed by atoms with Crippen molar-refractivity contribution in [2.24, 2.45) is 0 Å². The first-order valence-electron chi connectivity index (χ1n) is 12.5. The third-order valence-electron chi connectivity index (χ3n) is 6.89. The Balaban J connectivity index is 0.00000289. The van der Waals surface area contributed by atoms with E-state index in [1.54, 1.807) is 12.1 Å². The van der Waals surface area contributed by atoms with Crippen LogP contribution >= 0.6 is 0 Å². The second-order valence-electron chi connectivity index (χ2n) is 9.23. The van der Waals surface area contributed by atoms with Crippen molar-refractivity contribution >= 4 is 51.2 Å². The van der Waals surface area contributed by atoms with Crippen molar-refractivity contribution in [2.75, 3.05) is 19.6 Å². The van der Waals surface area contributed by atoms with Crippen LogP contribution in [0.2, 0.25) is 0 Å². The predicted octanol–water partition coefficient (Wildman–Crippen LogP) is 8.21. The average Bonchev–Trinajstić information content (AvgIpc) is 3.58. The van der Waals surface area contributed by atoms with Crippen LogP contribution in [0.15, 0.2) is 121 Å². The second kappa shape index (κ2) is 10.5. The zero-order valence-corrected chi connectivity index (χ0v) is 23.6. The van der Waals surface area contributed by atoms with Gasteiger partial charge in [0.05, 0.1) is 0 Å². The summed E-state index contributed by atoms with van der Waals surface area (Å²) in [5.41, 5.74) is 6.95. The van der Waals surface area contributed by atoms with Gasteiger partial charge in [0, 0.05) is 58.8 Å². The van der Waals surface area contributed by atoms with E-state index in [0.29, 0.717) is 11.4 Å². The summed E-state index contributed by atoms with van der Waals surface area (Å²) in [5, 5.41) is 12.1. The second-order valence-corrected chi connectivity index (χ2v) is 9.23. The summed E-state index contributed by atoms with van der Waals surface area (Å²) in [6, 6.07) is 42.7. The number of nitrogens with zero attached hydrogens (tertiary/aromatic N) is 5. The van der Waals surface area contributed by atoms with Crippen molar-refractivity contribution in [2.45, 2.75) is 0 Å². The Kier molecular flexibility index (Phi) is 6.71. The molecule has 0 aliphatic carbocycles. The molecule has 40 heavy (non-hydrogen) atoms. The molecule has 0 saturated carbocycles. The zero-order chi connectivity index (χ0) is 26.3. The van der Waals surface area contributed by atoms with Gasteiger partial charge in [-0.05, 0) is 48.5 Å². The van der Waals surface area contributed by atoms with E-state index >= 15 is 0 Å². The van der Waals surface area contributed by atoms with Crippen LogP contribution in [0, 0.1) is 29.5 Å². The molecule has 0 saturated heterocycles. The van der Waals surface area contributed by atoms with Crippen LogP contribution in [-0.4, -0.2) is 4.92 Å². The van der Waals surface area contributed by atoms with Crippen LogP contribution in [0.4, 0.5) is 51.2 Å². The first-order chi connectivity index (χ1) is 19.2. The van der Waals surface area contributed by atoms with Gasteiger partial charge in [0.15, 0.2) is 5.69 Å². The minimum Gasteiger partial charge on any atom is -0.493 e. The van der Waals surface area contributed by atoms with Gasteiger partial charge in [0.1, 0.15) is 0 Å². The van der Waals surface area contributed by atoms with Gasteiger partial charge in [0.2, 0.25) is 0 Å². The number of fused-ring (bicyclic) bond motifs is 2. The van der Waals surface area contributed by atoms with E-state index in [9.17, 15) is 10.1 Å². The molecule has 7 nitrogen and oxygen atoms in total. The molecule has 0 N–H and O–H groups in total. The summed E-state index contributed by atoms with van der Waals surface area (Å²) in [5.74, 6) is 0. The third-order valence-corrected chi connectivity index (χ3v) is 6.89. The Labute approximate surface area is 245 Å². The Hall–Kier alpha value is -4.66. The van der Waals surface area contributed by atoms with E-state index in [-0.39, 0.29) is 30.4 Å². The maximum atomic E-state index is 12.1. The molecule has 2 aliphatic rings. The van der Waals surface area contributed by atoms with Crippen molar-refractivity contribution in [1.82, 2.24) is 0 Å². The molecule has 0 bridgehead atoms. The third kappa shape index (κ3) is 4.37. The first-order valence-corrected chi connectivity index (χ1v) is 12.5. The van der Waals surface area contributed by atoms with E-state index in [2.05, 4.69) is 15.9 Å². The monoisotopic (exact) mass is 700 g/mol. The molecular formula is C32H22N5O2Os-3. The van der Waals surface area contributed by atoms with Crippen LogP contribution in [0.1, 0.15) is 0 Å². The Bertz CT molecular complexity index is 1570. The summed E-state index contributed by atoms with van der Waals surface area (Å²) in [7, 11) is 0. The number of benzene rings is 5. The molecular weight excluding hydrogens is 677 g/mol. The fourth-order valence-electron chi connectivity index (χ4n) is 5.09. The maximum absolute atomic E-state index is 12.1. The van der Waals surface area contributed by atoms with Crippen molar-refractivity contribution in [3.8, 4) is 0 Å². The molecule has 2 heterocycles. The molecule has 0 fully saturated rings. The van der Waals surface area contributed by atoms with E-state index in [1.807, 2.05) is 132 Å². The van der Waals surface area contributed by atoms with Gasteiger partial charge in [-0.1, -0.05) is 84.2 Å². The molecule has 7 rings (SSSR count). The quantitative estimate of drug-likeness (QED) is 0.105. The molecule has 8 heteroatoms. The number of para-hydroxylation sites is 6. The number of anilines is 8. The van der Waals surface area contributed by atoms with Gasteiger partial charge >= 0.3 is 0 Å². The number of non-ortho nitro benzene ring substituents is 1. The minimum atomic E-state index is -0.352. The van der Waals surface area contributed by atoms with Gasteiger partial charge < -0.3 is 19.6 Å². The molecule has 5 aromatic carbocycles. The van der Waals surface area contributed by atoms with E-state index < -0.39 is 0 Å². The topological polar surface area (TPSA) is 56.1 Å². The normalized spacial score (nSPS) is 13.6. The number of rotatable bonds is 5. The Morgan fingerprint density at radius 1 is 0.550 bits per heavy atom. The van der Waals surface area contributed by atoms with Gasteiger partial charge in [0.25, 0.3) is 0 Å². The van der Waals surface area contributed by atoms with E-state index in [1.165, 1.54) is 0 Å². The summed E-state index contributed by atoms with van der Waals surface area (Å²) in [6.07, 6.45) is 0. The molecule has 0 radical (unpaired) electrons. The molecule has 0 amide bonds. The number of nitro benzene ring substituents is 1. The van der Waals surface area contributed by atoms with Crippen LogP contribution in [0.3, 0.4) is 0 Å². The smallest absolute Gasteiger partial charge is 0.170 e. The van der Waals surface area contributed by atoms with Gasteiger partial charge in [-0.15, -0.1) is 19.4 Å². The number of hydrogen-bond acceptors (Lipinski definition) is 6.